The maximum atomic E-state index is 11.3. The summed E-state index contributed by atoms with van der Waals surface area (Å²) in [5, 5.41) is 0. The second-order valence-electron chi connectivity index (χ2n) is 2.76. The molecule has 0 heterocycles. The molecule has 1 rings (SSSR count). The standard InChI is InChI=1S/C10H12IO3/c1-6-7(10(12)14-3)4-5-8(11)9(6)13-2/h4-5,11H,1-3H3/q+1. The Morgan fingerprint density at radius 2 is 2.00 bits per heavy atom. The summed E-state index contributed by atoms with van der Waals surface area (Å²) in [5.74, 6) is 0.416. The van der Waals surface area contributed by atoms with Crippen LogP contribution in [0.4, 0.5) is 0 Å². The van der Waals surface area contributed by atoms with Gasteiger partial charge in [-0.1, -0.05) is 0 Å². The molecular weight excluding hydrogens is 295 g/mol. The minimum absolute atomic E-state index is 0.331. The monoisotopic (exact) mass is 307 g/mol. The van der Waals surface area contributed by atoms with Crippen molar-refractivity contribution in [1.82, 2.24) is 0 Å². The first-order valence-electron chi connectivity index (χ1n) is 4.04. The van der Waals surface area contributed by atoms with E-state index in [-0.39, 0.29) is 5.97 Å². The smallest absolute Gasteiger partial charge is 0.338 e. The van der Waals surface area contributed by atoms with Crippen LogP contribution in [0.5, 0.6) is 5.75 Å². The van der Waals surface area contributed by atoms with Gasteiger partial charge in [0.15, 0.2) is 5.75 Å². The zero-order chi connectivity index (χ0) is 10.7. The quantitative estimate of drug-likeness (QED) is 0.480. The Labute approximate surface area is 96.5 Å². The fraction of sp³-hybridized carbons (Fsp3) is 0.300. The van der Waals surface area contributed by atoms with Crippen LogP contribution in [0.15, 0.2) is 12.1 Å². The topological polar surface area (TPSA) is 35.5 Å². The van der Waals surface area contributed by atoms with Crippen molar-refractivity contribution < 1.29 is 36.9 Å². The molecule has 0 N–H and O–H groups in total. The lowest BCUT2D eigenvalue weighted by molar-refractivity contribution is -0.330. The maximum Gasteiger partial charge on any atom is 0.338 e. The molecule has 0 bridgehead atoms. The predicted octanol–water partition coefficient (Wildman–Crippen LogP) is -1.75. The van der Waals surface area contributed by atoms with Gasteiger partial charge in [0, 0.05) is 5.56 Å². The van der Waals surface area contributed by atoms with Crippen molar-refractivity contribution in [2.45, 2.75) is 6.92 Å². The van der Waals surface area contributed by atoms with Gasteiger partial charge in [-0.15, -0.1) is 0 Å². The molecular formula is C10H12IO3+. The van der Waals surface area contributed by atoms with E-state index in [1.807, 2.05) is 35.6 Å². The summed E-state index contributed by atoms with van der Waals surface area (Å²) in [6, 6.07) is 3.60. The van der Waals surface area contributed by atoms with Crippen LogP contribution in [-0.4, -0.2) is 20.2 Å². The van der Waals surface area contributed by atoms with Crippen LogP contribution >= 0.6 is 0 Å². The largest absolute Gasteiger partial charge is 0.492 e. The van der Waals surface area contributed by atoms with Gasteiger partial charge in [0.05, 0.1) is 19.8 Å². The van der Waals surface area contributed by atoms with E-state index in [1.54, 1.807) is 13.2 Å². The molecule has 0 radical (unpaired) electrons. The SMILES string of the molecule is COC(=O)c1ccc([IH+])c(OC)c1C. The lowest BCUT2D eigenvalue weighted by Crippen LogP contribution is -3.34. The van der Waals surface area contributed by atoms with Crippen molar-refractivity contribution in [1.29, 1.82) is 0 Å². The van der Waals surface area contributed by atoms with E-state index in [0.29, 0.717) is 5.56 Å². The van der Waals surface area contributed by atoms with E-state index < -0.39 is 0 Å². The van der Waals surface area contributed by atoms with Crippen LogP contribution in [-0.2, 0) is 4.74 Å². The van der Waals surface area contributed by atoms with Crippen LogP contribution in [0, 0.1) is 10.5 Å². The molecule has 0 aliphatic heterocycles. The Morgan fingerprint density at radius 3 is 2.50 bits per heavy atom. The van der Waals surface area contributed by atoms with Gasteiger partial charge in [-0.05, 0) is 19.1 Å². The summed E-state index contributed by atoms with van der Waals surface area (Å²) in [5.41, 5.74) is 1.37. The van der Waals surface area contributed by atoms with Crippen molar-refractivity contribution in [2.75, 3.05) is 14.2 Å². The molecule has 14 heavy (non-hydrogen) atoms. The second-order valence-corrected chi connectivity index (χ2v) is 4.02. The summed E-state index contributed by atoms with van der Waals surface area (Å²) in [6.07, 6.45) is 0. The van der Waals surface area contributed by atoms with E-state index in [1.165, 1.54) is 7.11 Å². The molecule has 0 aliphatic rings. The number of esters is 1. The summed E-state index contributed by atoms with van der Waals surface area (Å²) in [6.45, 7) is 1.85. The minimum atomic E-state index is -0.331. The Bertz CT molecular complexity index is 361. The van der Waals surface area contributed by atoms with E-state index in [4.69, 9.17) is 4.74 Å². The van der Waals surface area contributed by atoms with Crippen molar-refractivity contribution in [3.8, 4) is 5.75 Å². The van der Waals surface area contributed by atoms with E-state index in [0.717, 1.165) is 14.9 Å². The number of halogens is 1. The lowest BCUT2D eigenvalue weighted by Gasteiger charge is -2.07. The lowest BCUT2D eigenvalue weighted by atomic mass is 10.1. The fourth-order valence-corrected chi connectivity index (χ4v) is 2.12. The van der Waals surface area contributed by atoms with Crippen molar-refractivity contribution in [3.63, 3.8) is 0 Å². The van der Waals surface area contributed by atoms with Crippen molar-refractivity contribution in [2.24, 2.45) is 0 Å². The van der Waals surface area contributed by atoms with Gasteiger partial charge in [0.1, 0.15) is 0 Å². The number of rotatable bonds is 2. The average Bonchev–Trinajstić information content (AvgIpc) is 2.18. The normalized spacial score (nSPS) is 9.71. The zero-order valence-corrected chi connectivity index (χ0v) is 10.6. The molecule has 0 atom stereocenters. The van der Waals surface area contributed by atoms with Gasteiger partial charge in [-0.25, -0.2) is 4.79 Å². The third-order valence-corrected chi connectivity index (χ3v) is 2.90. The number of carbonyl (C=O) groups excluding carboxylic acids is 1. The number of carbonyl (C=O) groups is 1. The first-order valence-corrected chi connectivity index (χ1v) is 5.21. The van der Waals surface area contributed by atoms with E-state index in [9.17, 15) is 4.79 Å². The number of methoxy groups -OCH3 is 2. The third kappa shape index (κ3) is 2.00. The Hall–Kier alpha value is -0.780. The summed E-state index contributed by atoms with van der Waals surface area (Å²) < 4.78 is 10.9. The molecule has 0 amide bonds. The highest BCUT2D eigenvalue weighted by atomic mass is 127. The second kappa shape index (κ2) is 4.63. The molecule has 76 valence electrons. The van der Waals surface area contributed by atoms with Gasteiger partial charge < -0.3 is 9.47 Å². The first kappa shape index (κ1) is 11.3. The molecule has 0 spiro atoms. The maximum absolute atomic E-state index is 11.3. The van der Waals surface area contributed by atoms with Crippen LogP contribution < -0.4 is 27.3 Å². The first-order chi connectivity index (χ1) is 6.61. The molecule has 1 aromatic rings. The van der Waals surface area contributed by atoms with Gasteiger partial charge >= 0.3 is 28.6 Å². The van der Waals surface area contributed by atoms with Crippen LogP contribution in [0.1, 0.15) is 15.9 Å². The third-order valence-electron chi connectivity index (χ3n) is 1.98. The van der Waals surface area contributed by atoms with E-state index in [2.05, 4.69) is 4.74 Å². The molecule has 1 aromatic carbocycles. The van der Waals surface area contributed by atoms with Gasteiger partial charge in [0.25, 0.3) is 0 Å². The Kier molecular flexibility index (Phi) is 3.74. The number of hydrogen-bond donors (Lipinski definition) is 0. The highest BCUT2D eigenvalue weighted by molar-refractivity contribution is 5.91. The molecule has 0 saturated heterocycles. The molecule has 3 nitrogen and oxygen atoms in total. The Morgan fingerprint density at radius 1 is 1.36 bits per heavy atom. The predicted molar refractivity (Wildman–Crippen MR) is 49.2 cm³/mol. The van der Waals surface area contributed by atoms with Crippen LogP contribution in [0.2, 0.25) is 0 Å². The fourth-order valence-electron chi connectivity index (χ4n) is 1.25. The number of hydrogen-bond acceptors (Lipinski definition) is 3. The summed E-state index contributed by atoms with van der Waals surface area (Å²) in [4.78, 5) is 11.3. The number of ether oxygens (including phenoxy) is 2. The average molecular weight is 307 g/mol. The molecule has 0 aliphatic carbocycles. The molecule has 0 unspecified atom stereocenters. The van der Waals surface area contributed by atoms with E-state index >= 15 is 0 Å². The molecule has 4 heteroatoms. The number of benzene rings is 1. The molecule has 0 aromatic heterocycles. The molecule has 0 saturated carbocycles. The molecule has 0 fully saturated rings. The zero-order valence-electron chi connectivity index (χ0n) is 8.29. The van der Waals surface area contributed by atoms with Gasteiger partial charge in [-0.2, -0.15) is 0 Å². The van der Waals surface area contributed by atoms with Gasteiger partial charge in [0.2, 0.25) is 3.57 Å². The summed E-state index contributed by atoms with van der Waals surface area (Å²) in [7, 11) is 2.97. The van der Waals surface area contributed by atoms with Gasteiger partial charge in [-0.3, -0.25) is 0 Å². The minimum Gasteiger partial charge on any atom is -0.492 e. The van der Waals surface area contributed by atoms with Crippen LogP contribution in [0.25, 0.3) is 0 Å². The van der Waals surface area contributed by atoms with Crippen molar-refractivity contribution in [3.05, 3.63) is 26.8 Å². The Balaban J connectivity index is 3.28. The summed E-state index contributed by atoms with van der Waals surface area (Å²) >= 11 is 1.86. The highest BCUT2D eigenvalue weighted by Gasteiger charge is 2.18. The van der Waals surface area contributed by atoms with Crippen molar-refractivity contribution >= 4 is 5.97 Å². The highest BCUT2D eigenvalue weighted by Crippen LogP contribution is 2.21. The van der Waals surface area contributed by atoms with Crippen LogP contribution in [0.3, 0.4) is 0 Å².